The van der Waals surface area contributed by atoms with Crippen molar-refractivity contribution in [3.05, 3.63) is 29.3 Å². The van der Waals surface area contributed by atoms with Crippen LogP contribution in [-0.4, -0.2) is 11.7 Å². The van der Waals surface area contributed by atoms with Gasteiger partial charge in [-0.2, -0.15) is 0 Å². The lowest BCUT2D eigenvalue weighted by atomic mass is 10.1. The fourth-order valence-corrected chi connectivity index (χ4v) is 1.01. The minimum Gasteiger partial charge on any atom is -0.398 e. The summed E-state index contributed by atoms with van der Waals surface area (Å²) in [5.74, 6) is -0.747. The molecular weight excluding hydrogens is 168 g/mol. The summed E-state index contributed by atoms with van der Waals surface area (Å²) in [6.07, 6.45) is 0. The summed E-state index contributed by atoms with van der Waals surface area (Å²) < 4.78 is 0. The van der Waals surface area contributed by atoms with Crippen LogP contribution < -0.4 is 11.5 Å². The largest absolute Gasteiger partial charge is 0.398 e. The van der Waals surface area contributed by atoms with Gasteiger partial charge >= 0.3 is 0 Å². The lowest BCUT2D eigenvalue weighted by Crippen LogP contribution is -2.12. The number of primary amides is 1. The van der Waals surface area contributed by atoms with E-state index in [1.54, 1.807) is 0 Å². The van der Waals surface area contributed by atoms with Crippen LogP contribution in [0.5, 0.6) is 0 Å². The van der Waals surface area contributed by atoms with E-state index in [2.05, 4.69) is 0 Å². The highest BCUT2D eigenvalue weighted by Gasteiger charge is 2.07. The summed E-state index contributed by atoms with van der Waals surface area (Å²) in [6.45, 7) is 1.39. The fraction of sp³-hybridized carbons (Fsp3) is 0.111. The average Bonchev–Trinajstić information content (AvgIpc) is 2.04. The summed E-state index contributed by atoms with van der Waals surface area (Å²) in [7, 11) is 0. The van der Waals surface area contributed by atoms with E-state index in [1.807, 2.05) is 0 Å². The number of carbonyl (C=O) groups is 2. The first kappa shape index (κ1) is 9.25. The Hall–Kier alpha value is -1.84. The van der Waals surface area contributed by atoms with E-state index in [0.717, 1.165) is 0 Å². The van der Waals surface area contributed by atoms with Gasteiger partial charge < -0.3 is 11.5 Å². The zero-order chi connectivity index (χ0) is 10.0. The first-order valence-corrected chi connectivity index (χ1v) is 3.72. The molecule has 0 unspecified atom stereocenters. The minimum atomic E-state index is -0.567. The molecule has 0 bridgehead atoms. The molecule has 0 spiro atoms. The molecule has 0 aliphatic rings. The molecule has 0 fully saturated rings. The highest BCUT2D eigenvalue weighted by Crippen LogP contribution is 2.14. The average molecular weight is 178 g/mol. The molecule has 0 radical (unpaired) electrons. The Morgan fingerprint density at radius 1 is 1.31 bits per heavy atom. The van der Waals surface area contributed by atoms with Gasteiger partial charge in [0.25, 0.3) is 0 Å². The third-order valence-corrected chi connectivity index (χ3v) is 1.72. The molecule has 0 heterocycles. The van der Waals surface area contributed by atoms with Crippen molar-refractivity contribution in [3.63, 3.8) is 0 Å². The van der Waals surface area contributed by atoms with Crippen LogP contribution in [0.1, 0.15) is 27.6 Å². The highest BCUT2D eigenvalue weighted by atomic mass is 16.1. The lowest BCUT2D eigenvalue weighted by molar-refractivity contribution is 0.1000. The van der Waals surface area contributed by atoms with Gasteiger partial charge in [0.15, 0.2) is 5.78 Å². The number of carbonyl (C=O) groups excluding carboxylic acids is 2. The second-order valence-electron chi connectivity index (χ2n) is 2.72. The van der Waals surface area contributed by atoms with Crippen LogP contribution >= 0.6 is 0 Å². The summed E-state index contributed by atoms with van der Waals surface area (Å²) >= 11 is 0. The van der Waals surface area contributed by atoms with Gasteiger partial charge in [0, 0.05) is 16.8 Å². The van der Waals surface area contributed by atoms with Crippen LogP contribution in [-0.2, 0) is 0 Å². The van der Waals surface area contributed by atoms with Crippen molar-refractivity contribution in [2.24, 2.45) is 5.73 Å². The second kappa shape index (κ2) is 3.26. The Kier molecular flexibility index (Phi) is 2.32. The van der Waals surface area contributed by atoms with Crippen molar-refractivity contribution < 1.29 is 9.59 Å². The maximum Gasteiger partial charge on any atom is 0.248 e. The van der Waals surface area contributed by atoms with E-state index >= 15 is 0 Å². The predicted octanol–water partition coefficient (Wildman–Crippen LogP) is 0.570. The number of hydrogen-bond acceptors (Lipinski definition) is 3. The first-order chi connectivity index (χ1) is 6.02. The molecule has 0 aromatic heterocycles. The summed E-state index contributed by atoms with van der Waals surface area (Å²) in [6, 6.07) is 4.39. The Balaban J connectivity index is 3.27. The number of rotatable bonds is 2. The number of nitrogens with two attached hydrogens (primary N) is 2. The Morgan fingerprint density at radius 3 is 2.38 bits per heavy atom. The molecule has 13 heavy (non-hydrogen) atoms. The normalized spacial score (nSPS) is 9.62. The molecule has 1 aromatic rings. The number of nitrogen functional groups attached to an aromatic ring is 1. The van der Waals surface area contributed by atoms with Gasteiger partial charge in [-0.05, 0) is 25.1 Å². The summed E-state index contributed by atoms with van der Waals surface area (Å²) in [5.41, 5.74) is 11.5. The van der Waals surface area contributed by atoms with Crippen molar-refractivity contribution in [2.75, 3.05) is 5.73 Å². The van der Waals surface area contributed by atoms with Gasteiger partial charge in [0.1, 0.15) is 0 Å². The first-order valence-electron chi connectivity index (χ1n) is 3.72. The van der Waals surface area contributed by atoms with Crippen molar-refractivity contribution in [1.29, 1.82) is 0 Å². The van der Waals surface area contributed by atoms with Crippen molar-refractivity contribution in [2.45, 2.75) is 6.92 Å². The molecular formula is C9H10N2O2. The van der Waals surface area contributed by atoms with Crippen LogP contribution in [0, 0.1) is 0 Å². The standard InChI is InChI=1S/C9H10N2O2/c1-5(12)7-4-6(9(11)13)2-3-8(7)10/h2-4H,10H2,1H3,(H2,11,13). The fourth-order valence-electron chi connectivity index (χ4n) is 1.01. The molecule has 1 rings (SSSR count). The Bertz CT molecular complexity index is 372. The zero-order valence-corrected chi connectivity index (χ0v) is 7.20. The smallest absolute Gasteiger partial charge is 0.248 e. The van der Waals surface area contributed by atoms with Gasteiger partial charge in [-0.25, -0.2) is 0 Å². The molecule has 68 valence electrons. The number of anilines is 1. The monoisotopic (exact) mass is 178 g/mol. The zero-order valence-electron chi connectivity index (χ0n) is 7.20. The molecule has 0 atom stereocenters. The van der Waals surface area contributed by atoms with Crippen LogP contribution in [0.15, 0.2) is 18.2 Å². The number of Topliss-reactive ketones (excluding diaryl/α,β-unsaturated/α-hetero) is 1. The van der Waals surface area contributed by atoms with E-state index in [-0.39, 0.29) is 5.78 Å². The maximum absolute atomic E-state index is 11.0. The number of hydrogen-bond donors (Lipinski definition) is 2. The molecule has 4 heteroatoms. The molecule has 0 saturated carbocycles. The molecule has 4 nitrogen and oxygen atoms in total. The van der Waals surface area contributed by atoms with Gasteiger partial charge in [-0.1, -0.05) is 0 Å². The van der Waals surface area contributed by atoms with Crippen molar-refractivity contribution in [1.82, 2.24) is 0 Å². The lowest BCUT2D eigenvalue weighted by Gasteiger charge is -2.02. The number of benzene rings is 1. The molecule has 0 saturated heterocycles. The van der Waals surface area contributed by atoms with Gasteiger partial charge in [-0.3, -0.25) is 9.59 Å². The molecule has 1 aromatic carbocycles. The summed E-state index contributed by atoms with van der Waals surface area (Å²) in [5, 5.41) is 0. The predicted molar refractivity (Wildman–Crippen MR) is 49.4 cm³/mol. The van der Waals surface area contributed by atoms with Crippen LogP contribution in [0.3, 0.4) is 0 Å². The van der Waals surface area contributed by atoms with Crippen LogP contribution in [0.25, 0.3) is 0 Å². The summed E-state index contributed by atoms with van der Waals surface area (Å²) in [4.78, 5) is 21.8. The van der Waals surface area contributed by atoms with E-state index in [9.17, 15) is 9.59 Å². The van der Waals surface area contributed by atoms with E-state index < -0.39 is 5.91 Å². The number of amides is 1. The maximum atomic E-state index is 11.0. The SMILES string of the molecule is CC(=O)c1cc(C(N)=O)ccc1N. The van der Waals surface area contributed by atoms with Gasteiger partial charge in [0.2, 0.25) is 5.91 Å². The minimum absolute atomic E-state index is 0.180. The van der Waals surface area contributed by atoms with Crippen molar-refractivity contribution in [3.8, 4) is 0 Å². The number of ketones is 1. The van der Waals surface area contributed by atoms with E-state index in [4.69, 9.17) is 11.5 Å². The van der Waals surface area contributed by atoms with E-state index in [1.165, 1.54) is 25.1 Å². The van der Waals surface area contributed by atoms with Crippen molar-refractivity contribution >= 4 is 17.4 Å². The molecule has 1 amide bonds. The van der Waals surface area contributed by atoms with Gasteiger partial charge in [0.05, 0.1) is 0 Å². The Labute approximate surface area is 75.5 Å². The topological polar surface area (TPSA) is 86.2 Å². The Morgan fingerprint density at radius 2 is 1.92 bits per heavy atom. The van der Waals surface area contributed by atoms with E-state index in [0.29, 0.717) is 16.8 Å². The quantitative estimate of drug-likeness (QED) is 0.512. The van der Waals surface area contributed by atoms with Gasteiger partial charge in [-0.15, -0.1) is 0 Å². The third kappa shape index (κ3) is 1.84. The molecule has 0 aliphatic carbocycles. The third-order valence-electron chi connectivity index (χ3n) is 1.72. The molecule has 4 N–H and O–H groups in total. The highest BCUT2D eigenvalue weighted by molar-refractivity contribution is 6.02. The molecule has 0 aliphatic heterocycles. The van der Waals surface area contributed by atoms with Crippen LogP contribution in [0.2, 0.25) is 0 Å². The van der Waals surface area contributed by atoms with Crippen LogP contribution in [0.4, 0.5) is 5.69 Å². The second-order valence-corrected chi connectivity index (χ2v) is 2.72.